The van der Waals surface area contributed by atoms with Crippen molar-refractivity contribution in [1.29, 1.82) is 0 Å². The highest BCUT2D eigenvalue weighted by Crippen LogP contribution is 2.56. The third kappa shape index (κ3) is 18.9. The first-order valence-corrected chi connectivity index (χ1v) is 39.8. The zero-order valence-corrected chi connectivity index (χ0v) is 65.0. The number of fused-ring (bicyclic) bond motifs is 10. The highest BCUT2D eigenvalue weighted by atomic mass is 16.7. The minimum Gasteiger partial charge on any atom is -0.495 e. The first-order valence-electron chi connectivity index (χ1n) is 39.8. The number of nitrogens with zero attached hydrogens (tertiary/aromatic N) is 2. The number of aromatic amines is 2. The van der Waals surface area contributed by atoms with E-state index in [0.717, 1.165) is 28.0 Å². The fourth-order valence-electron chi connectivity index (χ4n) is 15.7. The Labute approximate surface area is 706 Å². The number of aliphatic hydroxyl groups excluding tert-OH is 8. The van der Waals surface area contributed by atoms with Gasteiger partial charge in [-0.1, -0.05) is 71.1 Å². The van der Waals surface area contributed by atoms with Gasteiger partial charge in [-0.25, -0.2) is 9.97 Å². The van der Waals surface area contributed by atoms with E-state index in [4.69, 9.17) is 52.6 Å². The lowest BCUT2D eigenvalue weighted by atomic mass is 8.89. The van der Waals surface area contributed by atoms with Gasteiger partial charge in [-0.3, -0.25) is 0 Å². The highest BCUT2D eigenvalue weighted by molar-refractivity contribution is 7.69. The van der Waals surface area contributed by atoms with E-state index in [-0.39, 0.29) is 46.6 Å². The number of benzene rings is 6. The maximum atomic E-state index is 11.2. The molecule has 9 aromatic rings. The van der Waals surface area contributed by atoms with Crippen molar-refractivity contribution in [2.45, 2.75) is 103 Å². The highest BCUT2D eigenvalue weighted by Gasteiger charge is 2.54. The van der Waals surface area contributed by atoms with Crippen LogP contribution in [0.1, 0.15) is 40.8 Å². The van der Waals surface area contributed by atoms with E-state index in [1.807, 2.05) is 229 Å². The summed E-state index contributed by atoms with van der Waals surface area (Å²) in [5.74, 6) is 3.72. The van der Waals surface area contributed by atoms with E-state index in [9.17, 15) is 40.9 Å². The Bertz CT molecular complexity index is 5250. The van der Waals surface area contributed by atoms with Crippen LogP contribution in [-0.4, -0.2) is 297 Å². The zero-order valence-electron chi connectivity index (χ0n) is 65.0. The summed E-state index contributed by atoms with van der Waals surface area (Å²) in [5.41, 5.74) is 12.5. The number of aromatic nitrogens is 4. The second kappa shape index (κ2) is 37.4. The molecular weight excluding hydrogens is 1480 g/mol. The Morgan fingerprint density at radius 3 is 1.19 bits per heavy atom. The average molecular weight is 1550 g/mol. The topological polar surface area (TPSA) is 302 Å². The van der Waals surface area contributed by atoms with Gasteiger partial charge in [-0.2, -0.15) is 0 Å². The van der Waals surface area contributed by atoms with Crippen molar-refractivity contribution in [3.63, 3.8) is 0 Å². The summed E-state index contributed by atoms with van der Waals surface area (Å²) in [5, 5.41) is 85.4. The average Bonchev–Trinajstić information content (AvgIpc) is 1.62. The van der Waals surface area contributed by atoms with Crippen LogP contribution in [0.3, 0.4) is 0 Å². The summed E-state index contributed by atoms with van der Waals surface area (Å²) in [7, 11) is 41.7. The maximum Gasteiger partial charge on any atom is 0.229 e. The van der Waals surface area contributed by atoms with Gasteiger partial charge in [0.05, 0.1) is 70.2 Å². The van der Waals surface area contributed by atoms with Crippen LogP contribution in [0.15, 0.2) is 164 Å². The molecule has 17 rings (SSSR count). The molecule has 0 saturated carbocycles. The molecular formula is C78H70B20N4O17. The van der Waals surface area contributed by atoms with Crippen molar-refractivity contribution in [2.24, 2.45) is 0 Å². The molecule has 21 nitrogen and oxygen atoms in total. The van der Waals surface area contributed by atoms with Crippen molar-refractivity contribution in [3.8, 4) is 84.8 Å². The van der Waals surface area contributed by atoms with Crippen LogP contribution in [-0.2, 0) is 22.7 Å². The Hall–Kier alpha value is -8.58. The third-order valence-electron chi connectivity index (χ3n) is 22.2. The van der Waals surface area contributed by atoms with Gasteiger partial charge in [-0.05, 0) is 162 Å². The lowest BCUT2D eigenvalue weighted by Crippen LogP contribution is -2.60. The number of H-pyrrole nitrogens is 2. The van der Waals surface area contributed by atoms with Crippen molar-refractivity contribution < 1.29 is 83.5 Å². The van der Waals surface area contributed by atoms with E-state index >= 15 is 0 Å². The predicted molar refractivity (Wildman–Crippen MR) is 481 cm³/mol. The van der Waals surface area contributed by atoms with Crippen LogP contribution in [0.2, 0.25) is 21.9 Å². The van der Waals surface area contributed by atoms with Gasteiger partial charge < -0.3 is 93.5 Å². The van der Waals surface area contributed by atoms with E-state index in [1.165, 1.54) is 0 Å². The molecule has 8 bridgehead atoms. The van der Waals surface area contributed by atoms with Gasteiger partial charge in [0, 0.05) is 164 Å². The minimum atomic E-state index is -1.68. The summed E-state index contributed by atoms with van der Waals surface area (Å²) in [4.78, 5) is 18.7. The number of nitrogens with one attached hydrogen (secondary N) is 2. The molecule has 11 heterocycles. The molecule has 0 aliphatic carbocycles. The molecule has 0 amide bonds. The lowest BCUT2D eigenvalue weighted by Gasteiger charge is -2.39. The Balaban J connectivity index is 0.751. The number of aliphatic hydroxyl groups is 8. The molecule has 14 atom stereocenters. The quantitative estimate of drug-likeness (QED) is 0.0389. The molecule has 41 heteroatoms. The van der Waals surface area contributed by atoms with E-state index in [1.54, 1.807) is 36.4 Å². The van der Waals surface area contributed by atoms with Gasteiger partial charge in [0.2, 0.25) is 12.6 Å². The fraction of sp³-hybridized carbons (Fsp3) is 0.282. The Morgan fingerprint density at radius 2 is 0.748 bits per heavy atom. The van der Waals surface area contributed by atoms with Gasteiger partial charge in [0.15, 0.2) is 0 Å². The first-order chi connectivity index (χ1) is 58.2. The second-order valence-corrected chi connectivity index (χ2v) is 30.3. The van der Waals surface area contributed by atoms with Crippen LogP contribution in [0.4, 0.5) is 0 Å². The van der Waals surface area contributed by atoms with Crippen molar-refractivity contribution in [2.75, 3.05) is 33.0 Å². The number of rotatable bonds is 24. The van der Waals surface area contributed by atoms with Gasteiger partial charge in [-0.15, -0.1) is 11.4 Å². The zero-order chi connectivity index (χ0) is 81.6. The molecule has 10 N–H and O–H groups in total. The Kier molecular flexibility index (Phi) is 26.0. The monoisotopic (exact) mass is 1550 g/mol. The van der Waals surface area contributed by atoms with E-state index in [2.05, 4.69) is 81.5 Å². The summed E-state index contributed by atoms with van der Waals surface area (Å²) in [6, 6.07) is 51.6. The molecule has 3 aromatic heterocycles. The summed E-state index contributed by atoms with van der Waals surface area (Å²) in [6.07, 6.45) is -7.49. The summed E-state index contributed by atoms with van der Waals surface area (Å²) in [6.45, 7) is 2.47. The molecule has 119 heavy (non-hydrogen) atoms. The maximum absolute atomic E-state index is 11.2. The smallest absolute Gasteiger partial charge is 0.229 e. The number of hydrogen-bond donors (Lipinski definition) is 10. The lowest BCUT2D eigenvalue weighted by molar-refractivity contribution is -0.277. The van der Waals surface area contributed by atoms with Crippen molar-refractivity contribution >= 4 is 188 Å². The number of hydrogen-bond acceptors (Lipinski definition) is 19. The van der Waals surface area contributed by atoms with Crippen LogP contribution in [0, 0.1) is 0 Å². The molecule has 20 radical (unpaired) electrons. The van der Waals surface area contributed by atoms with Crippen LogP contribution in [0.25, 0.3) is 90.9 Å². The molecule has 8 aliphatic rings. The summed E-state index contributed by atoms with van der Waals surface area (Å²) < 4.78 is 56.6. The second-order valence-electron chi connectivity index (χ2n) is 30.3. The largest absolute Gasteiger partial charge is 0.495 e. The third-order valence-corrected chi connectivity index (χ3v) is 22.2. The molecule has 6 saturated heterocycles. The van der Waals surface area contributed by atoms with Crippen molar-refractivity contribution in [1.82, 2.24) is 19.9 Å². The fourth-order valence-corrected chi connectivity index (χ4v) is 15.7. The first kappa shape index (κ1) is 82.7. The van der Waals surface area contributed by atoms with E-state index < -0.39 is 74.6 Å². The van der Waals surface area contributed by atoms with Crippen LogP contribution in [0.5, 0.6) is 40.2 Å². The SMILES string of the molecule is CCOc1cc(COc2ccc(-c3c4nc(c(-c5cccc(O[C@@H]6O[C@H](CO)[C@H](O)[C@H](O)[C@H]6O)c5)c5ccc([nH]5)c(-c5ccc(OCc6cccc(OCC78[B][B][B][B][B][B][B][B][B]C7[B]8)c6)cc5)c5nc(c(-c6cccc(O[C@@H]7O[C@H](CO)[C@H](O)[C@H](O)[C@H]7O)c6)c6ccc3[nH]6)C=C5)C=C4)cc2)cc(OCC23[B][B][B][B][B][B][B][B][B]C2[B]3)c1. The molecule has 6 fully saturated rings. The minimum absolute atomic E-state index is 0.192. The standard InChI is InChI=1S/C78H70B20N4O17/c1-2-111-51-29-41(30-52(33-51)115-39-78-76(80-78)82-86-90-94-98-96-92-88-84-78)37-113-47-18-14-43(15-19-47)64-55-22-26-59(101-55)65(44-7-4-10-49(31-44)116-73-71(109)69(107)67(105)61(34-103)118-73)57-24-20-53(99-57)63(42-12-16-46(17-13-42)112-36-40-6-3-9-48(28-40)114-38-77-75(79-77)81-85-89-93-97-95-91-87-83-77)54-21-25-58(100-54)66(60-27-23-56(64)102-60)45-8-5-11-50(32-45)117-74-72(110)70(108)68(106)62(35-104)119-74/h3-33,61-62,67-76,99,102-110H,2,34-39H2,1H3/t61-,62-,67+,68+,69+,70+,71-,72-,73-,74-,75?,76?,77?,78?/m1/s1. The van der Waals surface area contributed by atoms with E-state index in [0.29, 0.717) is 121 Å². The van der Waals surface area contributed by atoms with Gasteiger partial charge in [0.1, 0.15) is 117 Å². The van der Waals surface area contributed by atoms with Crippen LogP contribution < -0.4 is 33.2 Å². The Morgan fingerprint density at radius 1 is 0.361 bits per heavy atom. The molecule has 0 spiro atoms. The molecule has 564 valence electrons. The van der Waals surface area contributed by atoms with Crippen LogP contribution >= 0.6 is 0 Å². The normalized spacial score (nSPS) is 25.0. The van der Waals surface area contributed by atoms with Gasteiger partial charge in [0.25, 0.3) is 0 Å². The molecule has 6 aromatic carbocycles. The number of ether oxygens (including phenoxy) is 9. The van der Waals surface area contributed by atoms with Gasteiger partial charge >= 0.3 is 0 Å². The predicted octanol–water partition coefficient (Wildman–Crippen LogP) is 2.50. The summed E-state index contributed by atoms with van der Waals surface area (Å²) >= 11 is 0. The molecule has 8 aliphatic heterocycles. The molecule has 4 unspecified atom stereocenters. The van der Waals surface area contributed by atoms with Crippen molar-refractivity contribution in [3.05, 3.63) is 198 Å².